The van der Waals surface area contributed by atoms with Crippen LogP contribution in [0.25, 0.3) is 0 Å². The molecule has 5 nitrogen and oxygen atoms in total. The van der Waals surface area contributed by atoms with Crippen LogP contribution in [-0.2, 0) is 10.0 Å². The Morgan fingerprint density at radius 1 is 1.11 bits per heavy atom. The smallest absolute Gasteiger partial charge is 0.243 e. The van der Waals surface area contributed by atoms with Crippen LogP contribution in [0.2, 0.25) is 0 Å². The first-order chi connectivity index (χ1) is 12.8. The van der Waals surface area contributed by atoms with Gasteiger partial charge >= 0.3 is 0 Å². The van der Waals surface area contributed by atoms with E-state index in [2.05, 4.69) is 0 Å². The minimum atomic E-state index is -3.58. The second-order valence-electron chi connectivity index (χ2n) is 7.02. The first-order valence-corrected chi connectivity index (χ1v) is 10.5. The van der Waals surface area contributed by atoms with Crippen LogP contribution in [0.1, 0.15) is 34.3 Å². The average molecular weight is 388 g/mol. The number of piperidine rings is 1. The summed E-state index contributed by atoms with van der Waals surface area (Å²) in [5, 5.41) is 0. The van der Waals surface area contributed by atoms with Gasteiger partial charge in [0.05, 0.1) is 12.0 Å². The van der Waals surface area contributed by atoms with Crippen molar-refractivity contribution in [1.82, 2.24) is 4.31 Å². The van der Waals surface area contributed by atoms with Crippen molar-refractivity contribution >= 4 is 15.8 Å². The first-order valence-electron chi connectivity index (χ1n) is 9.09. The van der Waals surface area contributed by atoms with Gasteiger partial charge in [0.15, 0.2) is 5.78 Å². The molecule has 0 N–H and O–H groups in total. The Bertz CT molecular complexity index is 915. The molecular formula is C21H25NO4S. The lowest BCUT2D eigenvalue weighted by molar-refractivity contribution is 0.0872. The van der Waals surface area contributed by atoms with Crippen LogP contribution < -0.4 is 4.74 Å². The largest absolute Gasteiger partial charge is 0.496 e. The molecule has 1 heterocycles. The number of ketones is 1. The molecule has 0 amide bonds. The van der Waals surface area contributed by atoms with Gasteiger partial charge in [0.2, 0.25) is 10.0 Å². The van der Waals surface area contributed by atoms with Crippen LogP contribution in [0.15, 0.2) is 47.4 Å². The number of ether oxygens (including phenoxy) is 1. The van der Waals surface area contributed by atoms with Crippen molar-refractivity contribution in [3.05, 3.63) is 59.2 Å². The van der Waals surface area contributed by atoms with E-state index in [0.717, 1.165) is 16.9 Å². The van der Waals surface area contributed by atoms with E-state index in [-0.39, 0.29) is 23.1 Å². The Morgan fingerprint density at radius 2 is 1.74 bits per heavy atom. The SMILES string of the molecule is COc1c(C)cc(C(=O)C2CCCN(S(=O)(=O)c3ccccc3)C2)cc1C. The lowest BCUT2D eigenvalue weighted by Gasteiger charge is -2.31. The Labute approximate surface area is 161 Å². The average Bonchev–Trinajstić information content (AvgIpc) is 2.68. The summed E-state index contributed by atoms with van der Waals surface area (Å²) in [5.74, 6) is 0.449. The zero-order valence-corrected chi connectivity index (χ0v) is 16.8. The van der Waals surface area contributed by atoms with Gasteiger partial charge in [-0.3, -0.25) is 4.79 Å². The van der Waals surface area contributed by atoms with E-state index in [1.807, 2.05) is 26.0 Å². The van der Waals surface area contributed by atoms with Crippen molar-refractivity contribution in [2.75, 3.05) is 20.2 Å². The molecule has 0 radical (unpaired) electrons. The molecule has 1 fully saturated rings. The molecule has 1 saturated heterocycles. The van der Waals surface area contributed by atoms with Gasteiger partial charge in [0, 0.05) is 24.6 Å². The number of Topliss-reactive ketones (excluding diaryl/α,β-unsaturated/α-hetero) is 1. The van der Waals surface area contributed by atoms with Gasteiger partial charge in [-0.2, -0.15) is 4.31 Å². The monoisotopic (exact) mass is 387 g/mol. The number of aryl methyl sites for hydroxylation is 2. The van der Waals surface area contributed by atoms with Crippen LogP contribution in [0, 0.1) is 19.8 Å². The molecule has 1 aliphatic rings. The zero-order valence-electron chi connectivity index (χ0n) is 15.9. The van der Waals surface area contributed by atoms with Crippen molar-refractivity contribution in [3.63, 3.8) is 0 Å². The molecule has 2 aromatic carbocycles. The molecule has 27 heavy (non-hydrogen) atoms. The van der Waals surface area contributed by atoms with Crippen LogP contribution in [0.3, 0.4) is 0 Å². The number of hydrogen-bond donors (Lipinski definition) is 0. The number of nitrogens with zero attached hydrogens (tertiary/aromatic N) is 1. The van der Waals surface area contributed by atoms with Crippen molar-refractivity contribution in [1.29, 1.82) is 0 Å². The van der Waals surface area contributed by atoms with Gasteiger partial charge < -0.3 is 4.74 Å². The fraction of sp³-hybridized carbons (Fsp3) is 0.381. The maximum atomic E-state index is 13.1. The van der Waals surface area contributed by atoms with Gasteiger partial charge in [-0.15, -0.1) is 0 Å². The highest BCUT2D eigenvalue weighted by molar-refractivity contribution is 7.89. The number of sulfonamides is 1. The molecule has 1 aliphatic heterocycles. The van der Waals surface area contributed by atoms with Crippen molar-refractivity contribution in [3.8, 4) is 5.75 Å². The fourth-order valence-corrected chi connectivity index (χ4v) is 5.31. The lowest BCUT2D eigenvalue weighted by atomic mass is 9.89. The molecule has 0 spiro atoms. The lowest BCUT2D eigenvalue weighted by Crippen LogP contribution is -2.42. The quantitative estimate of drug-likeness (QED) is 0.736. The van der Waals surface area contributed by atoms with E-state index in [4.69, 9.17) is 4.74 Å². The highest BCUT2D eigenvalue weighted by atomic mass is 32.2. The highest BCUT2D eigenvalue weighted by Crippen LogP contribution is 2.29. The summed E-state index contributed by atoms with van der Waals surface area (Å²) in [6, 6.07) is 12.1. The van der Waals surface area contributed by atoms with E-state index in [0.29, 0.717) is 24.9 Å². The van der Waals surface area contributed by atoms with Crippen LogP contribution in [0.5, 0.6) is 5.75 Å². The van der Waals surface area contributed by atoms with E-state index in [9.17, 15) is 13.2 Å². The summed E-state index contributed by atoms with van der Waals surface area (Å²) in [5.41, 5.74) is 2.44. The minimum absolute atomic E-state index is 0.00295. The van der Waals surface area contributed by atoms with E-state index >= 15 is 0 Å². The van der Waals surface area contributed by atoms with Crippen LogP contribution >= 0.6 is 0 Å². The summed E-state index contributed by atoms with van der Waals surface area (Å²) in [7, 11) is -1.96. The molecule has 2 aromatic rings. The summed E-state index contributed by atoms with van der Waals surface area (Å²) in [6.07, 6.45) is 1.38. The molecule has 3 rings (SSSR count). The van der Waals surface area contributed by atoms with Gasteiger partial charge in [0.1, 0.15) is 5.75 Å². The van der Waals surface area contributed by atoms with Gasteiger partial charge in [-0.05, 0) is 62.1 Å². The third-order valence-corrected chi connectivity index (χ3v) is 6.96. The summed E-state index contributed by atoms with van der Waals surface area (Å²) < 4.78 is 32.6. The van der Waals surface area contributed by atoms with E-state index in [1.54, 1.807) is 37.4 Å². The highest BCUT2D eigenvalue weighted by Gasteiger charge is 2.33. The molecule has 0 aromatic heterocycles. The summed E-state index contributed by atoms with van der Waals surface area (Å²) in [4.78, 5) is 13.3. The molecular weight excluding hydrogens is 362 g/mol. The second kappa shape index (κ2) is 7.82. The summed E-state index contributed by atoms with van der Waals surface area (Å²) in [6.45, 7) is 4.49. The third kappa shape index (κ3) is 3.92. The van der Waals surface area contributed by atoms with Gasteiger partial charge in [0.25, 0.3) is 0 Å². The second-order valence-corrected chi connectivity index (χ2v) is 8.96. The van der Waals surface area contributed by atoms with Crippen LogP contribution in [-0.4, -0.2) is 38.7 Å². The number of rotatable bonds is 5. The zero-order chi connectivity index (χ0) is 19.6. The third-order valence-electron chi connectivity index (χ3n) is 5.08. The number of benzene rings is 2. The van der Waals surface area contributed by atoms with Crippen molar-refractivity contribution in [2.45, 2.75) is 31.6 Å². The molecule has 0 aliphatic carbocycles. The van der Waals surface area contributed by atoms with Gasteiger partial charge in [-0.1, -0.05) is 18.2 Å². The fourth-order valence-electron chi connectivity index (χ4n) is 3.77. The normalized spacial score (nSPS) is 18.3. The topological polar surface area (TPSA) is 63.7 Å². The van der Waals surface area contributed by atoms with Crippen molar-refractivity contribution < 1.29 is 17.9 Å². The molecule has 1 atom stereocenters. The predicted octanol–water partition coefficient (Wildman–Crippen LogP) is 3.60. The Balaban J connectivity index is 1.83. The van der Waals surface area contributed by atoms with Crippen LogP contribution in [0.4, 0.5) is 0 Å². The molecule has 6 heteroatoms. The van der Waals surface area contributed by atoms with Gasteiger partial charge in [-0.25, -0.2) is 8.42 Å². The minimum Gasteiger partial charge on any atom is -0.496 e. The molecule has 144 valence electrons. The number of carbonyl (C=O) groups excluding carboxylic acids is 1. The number of hydrogen-bond acceptors (Lipinski definition) is 4. The Hall–Kier alpha value is -2.18. The van der Waals surface area contributed by atoms with E-state index < -0.39 is 10.0 Å². The molecule has 1 unspecified atom stereocenters. The standard InChI is InChI=1S/C21H25NO4S/c1-15-12-18(13-16(2)21(15)26-3)20(23)17-8-7-11-22(14-17)27(24,25)19-9-5-4-6-10-19/h4-6,9-10,12-13,17H,7-8,11,14H2,1-3H3. The number of carbonyl (C=O) groups is 1. The predicted molar refractivity (Wildman–Crippen MR) is 105 cm³/mol. The van der Waals surface area contributed by atoms with Crippen molar-refractivity contribution in [2.24, 2.45) is 5.92 Å². The summed E-state index contributed by atoms with van der Waals surface area (Å²) >= 11 is 0. The van der Waals surface area contributed by atoms with E-state index in [1.165, 1.54) is 4.31 Å². The number of methoxy groups -OCH3 is 1. The first kappa shape index (κ1) is 19.6. The molecule has 0 saturated carbocycles. The molecule has 0 bridgehead atoms. The maximum Gasteiger partial charge on any atom is 0.243 e. The Kier molecular flexibility index (Phi) is 5.67. The maximum absolute atomic E-state index is 13.1. The Morgan fingerprint density at radius 3 is 2.33 bits per heavy atom.